The number of aryl methyl sites for hydroxylation is 1. The molecule has 0 aliphatic carbocycles. The zero-order chi connectivity index (χ0) is 14.8. The minimum atomic E-state index is -3.42. The van der Waals surface area contributed by atoms with E-state index in [4.69, 9.17) is 4.42 Å². The van der Waals surface area contributed by atoms with Gasteiger partial charge in [-0.3, -0.25) is 0 Å². The zero-order valence-corrected chi connectivity index (χ0v) is 13.3. The van der Waals surface area contributed by atoms with Crippen LogP contribution in [0, 0.1) is 12.8 Å². The number of sulfonamides is 1. The Hall–Kier alpha value is -0.850. The number of rotatable bonds is 5. The Morgan fingerprint density at radius 3 is 2.90 bits per heavy atom. The minimum absolute atomic E-state index is 0.319. The van der Waals surface area contributed by atoms with Gasteiger partial charge < -0.3 is 9.73 Å². The largest absolute Gasteiger partial charge is 0.464 e. The topological polar surface area (TPSA) is 62.6 Å². The molecule has 1 aliphatic rings. The summed E-state index contributed by atoms with van der Waals surface area (Å²) < 4.78 is 32.6. The summed E-state index contributed by atoms with van der Waals surface area (Å²) in [6.07, 6.45) is 3.09. The van der Waals surface area contributed by atoms with Crippen molar-refractivity contribution < 1.29 is 12.8 Å². The molecule has 2 rings (SSSR count). The molecule has 0 aromatic carbocycles. The molecule has 0 radical (unpaired) electrons. The average Bonchev–Trinajstić information content (AvgIpc) is 2.81. The van der Waals surface area contributed by atoms with Gasteiger partial charge in [-0.1, -0.05) is 13.3 Å². The van der Waals surface area contributed by atoms with Crippen molar-refractivity contribution in [2.45, 2.75) is 44.6 Å². The lowest BCUT2D eigenvalue weighted by Gasteiger charge is -2.31. The van der Waals surface area contributed by atoms with Crippen molar-refractivity contribution in [1.82, 2.24) is 9.62 Å². The lowest BCUT2D eigenvalue weighted by atomic mass is 9.97. The highest BCUT2D eigenvalue weighted by Gasteiger charge is 2.32. The highest BCUT2D eigenvalue weighted by molar-refractivity contribution is 7.89. The number of nitrogens with one attached hydrogen (secondary N) is 1. The first-order valence-electron chi connectivity index (χ1n) is 7.23. The summed E-state index contributed by atoms with van der Waals surface area (Å²) in [4.78, 5) is 0.319. The van der Waals surface area contributed by atoms with Crippen molar-refractivity contribution in [3.8, 4) is 0 Å². The molecule has 5 nitrogen and oxygen atoms in total. The molecule has 2 heterocycles. The Labute approximate surface area is 121 Å². The van der Waals surface area contributed by atoms with Crippen LogP contribution in [0.25, 0.3) is 0 Å². The number of furan rings is 1. The third kappa shape index (κ3) is 3.07. The fourth-order valence-corrected chi connectivity index (χ4v) is 4.50. The van der Waals surface area contributed by atoms with Gasteiger partial charge in [0.05, 0.1) is 6.54 Å². The Balaban J connectivity index is 2.25. The van der Waals surface area contributed by atoms with E-state index in [1.54, 1.807) is 17.3 Å². The zero-order valence-electron chi connectivity index (χ0n) is 12.5. The first-order chi connectivity index (χ1) is 9.48. The van der Waals surface area contributed by atoms with E-state index in [0.29, 0.717) is 42.0 Å². The standard InChI is InChI=1S/C14H24N2O3S/c1-4-12-6-5-7-16(10-12)20(17,18)14-8-13(9-15-3)19-11(14)2/h8,12,15H,4-7,9-10H2,1-3H3. The van der Waals surface area contributed by atoms with E-state index in [-0.39, 0.29) is 0 Å². The lowest BCUT2D eigenvalue weighted by Crippen LogP contribution is -2.39. The van der Waals surface area contributed by atoms with Gasteiger partial charge in [-0.15, -0.1) is 0 Å². The Bertz CT molecular complexity index is 551. The summed E-state index contributed by atoms with van der Waals surface area (Å²) in [5, 5.41) is 2.97. The molecular weight excluding hydrogens is 276 g/mol. The van der Waals surface area contributed by atoms with E-state index in [2.05, 4.69) is 12.2 Å². The molecule has 0 spiro atoms. The first-order valence-corrected chi connectivity index (χ1v) is 8.67. The van der Waals surface area contributed by atoms with Crippen LogP contribution in [-0.2, 0) is 16.6 Å². The summed E-state index contributed by atoms with van der Waals surface area (Å²) in [6.45, 7) is 5.62. The maximum atomic E-state index is 12.7. The molecule has 1 aromatic heterocycles. The number of piperidine rings is 1. The number of nitrogens with zero attached hydrogens (tertiary/aromatic N) is 1. The first kappa shape index (κ1) is 15.5. The lowest BCUT2D eigenvalue weighted by molar-refractivity contribution is 0.261. The molecule has 1 saturated heterocycles. The van der Waals surface area contributed by atoms with Crippen LogP contribution in [0.4, 0.5) is 0 Å². The van der Waals surface area contributed by atoms with E-state index in [1.807, 2.05) is 7.05 Å². The van der Waals surface area contributed by atoms with Crippen LogP contribution >= 0.6 is 0 Å². The highest BCUT2D eigenvalue weighted by atomic mass is 32.2. The van der Waals surface area contributed by atoms with Crippen molar-refractivity contribution >= 4 is 10.0 Å². The van der Waals surface area contributed by atoms with Gasteiger partial charge in [0.15, 0.2) is 0 Å². The molecule has 0 bridgehead atoms. The average molecular weight is 300 g/mol. The van der Waals surface area contributed by atoms with Gasteiger partial charge in [-0.25, -0.2) is 8.42 Å². The van der Waals surface area contributed by atoms with Crippen LogP contribution < -0.4 is 5.32 Å². The van der Waals surface area contributed by atoms with Gasteiger partial charge in [0.2, 0.25) is 10.0 Å². The van der Waals surface area contributed by atoms with Crippen molar-refractivity contribution in [3.05, 3.63) is 17.6 Å². The van der Waals surface area contributed by atoms with E-state index in [9.17, 15) is 8.42 Å². The monoisotopic (exact) mass is 300 g/mol. The van der Waals surface area contributed by atoms with Crippen molar-refractivity contribution in [1.29, 1.82) is 0 Å². The molecule has 1 aromatic rings. The number of hydrogen-bond acceptors (Lipinski definition) is 4. The third-order valence-electron chi connectivity index (χ3n) is 3.95. The maximum absolute atomic E-state index is 12.7. The van der Waals surface area contributed by atoms with Crippen LogP contribution in [0.5, 0.6) is 0 Å². The van der Waals surface area contributed by atoms with E-state index >= 15 is 0 Å². The molecule has 0 amide bonds. The second-order valence-electron chi connectivity index (χ2n) is 5.44. The van der Waals surface area contributed by atoms with Gasteiger partial charge >= 0.3 is 0 Å². The highest BCUT2D eigenvalue weighted by Crippen LogP contribution is 2.28. The SMILES string of the molecule is CCC1CCCN(S(=O)(=O)c2cc(CNC)oc2C)C1. The van der Waals surface area contributed by atoms with Gasteiger partial charge in [0, 0.05) is 19.2 Å². The fraction of sp³-hybridized carbons (Fsp3) is 0.714. The number of hydrogen-bond donors (Lipinski definition) is 1. The van der Waals surface area contributed by atoms with E-state index in [1.165, 1.54) is 0 Å². The molecule has 20 heavy (non-hydrogen) atoms. The Kier molecular flexibility index (Phi) is 4.88. The van der Waals surface area contributed by atoms with Gasteiger partial charge in [0.1, 0.15) is 16.4 Å². The summed E-state index contributed by atoms with van der Waals surface area (Å²) in [7, 11) is -1.61. The molecule has 0 saturated carbocycles. The molecule has 6 heteroatoms. The maximum Gasteiger partial charge on any atom is 0.246 e. The molecule has 1 atom stereocenters. The Morgan fingerprint density at radius 1 is 1.50 bits per heavy atom. The fourth-order valence-electron chi connectivity index (χ4n) is 2.76. The predicted octanol–water partition coefficient (Wildman–Crippen LogP) is 2.12. The molecular formula is C14H24N2O3S. The van der Waals surface area contributed by atoms with Gasteiger partial charge in [-0.2, -0.15) is 4.31 Å². The van der Waals surface area contributed by atoms with Crippen molar-refractivity contribution in [2.24, 2.45) is 5.92 Å². The molecule has 1 aliphatic heterocycles. The Morgan fingerprint density at radius 2 is 2.25 bits per heavy atom. The molecule has 1 fully saturated rings. The van der Waals surface area contributed by atoms with E-state index < -0.39 is 10.0 Å². The molecule has 114 valence electrons. The molecule has 1 N–H and O–H groups in total. The predicted molar refractivity (Wildman–Crippen MR) is 78.0 cm³/mol. The van der Waals surface area contributed by atoms with Crippen molar-refractivity contribution in [2.75, 3.05) is 20.1 Å². The van der Waals surface area contributed by atoms with Crippen LogP contribution in [-0.4, -0.2) is 32.9 Å². The minimum Gasteiger partial charge on any atom is -0.464 e. The second kappa shape index (κ2) is 6.28. The molecule has 1 unspecified atom stereocenters. The van der Waals surface area contributed by atoms with Crippen LogP contribution in [0.1, 0.15) is 37.7 Å². The van der Waals surface area contributed by atoms with Crippen LogP contribution in [0.2, 0.25) is 0 Å². The summed E-state index contributed by atoms with van der Waals surface area (Å²) in [6, 6.07) is 1.65. The van der Waals surface area contributed by atoms with Gasteiger partial charge in [0.25, 0.3) is 0 Å². The summed E-state index contributed by atoms with van der Waals surface area (Å²) in [5.74, 6) is 1.61. The van der Waals surface area contributed by atoms with Gasteiger partial charge in [-0.05, 0) is 32.7 Å². The van der Waals surface area contributed by atoms with Crippen LogP contribution in [0.3, 0.4) is 0 Å². The van der Waals surface area contributed by atoms with Crippen LogP contribution in [0.15, 0.2) is 15.4 Å². The second-order valence-corrected chi connectivity index (χ2v) is 7.35. The third-order valence-corrected chi connectivity index (χ3v) is 5.92. The summed E-state index contributed by atoms with van der Waals surface area (Å²) in [5.41, 5.74) is 0. The van der Waals surface area contributed by atoms with Crippen molar-refractivity contribution in [3.63, 3.8) is 0 Å². The smallest absolute Gasteiger partial charge is 0.246 e. The normalized spacial score (nSPS) is 21.2. The quantitative estimate of drug-likeness (QED) is 0.905. The van der Waals surface area contributed by atoms with E-state index in [0.717, 1.165) is 19.3 Å². The summed E-state index contributed by atoms with van der Waals surface area (Å²) >= 11 is 0.